The monoisotopic (exact) mass is 302 g/mol. The summed E-state index contributed by atoms with van der Waals surface area (Å²) in [7, 11) is 0. The first-order chi connectivity index (χ1) is 8.65. The van der Waals surface area contributed by atoms with E-state index in [9.17, 15) is 4.79 Å². The van der Waals surface area contributed by atoms with Crippen LogP contribution in [0.3, 0.4) is 0 Å². The van der Waals surface area contributed by atoms with Crippen molar-refractivity contribution in [3.8, 4) is 0 Å². The molecule has 2 aromatic rings. The lowest BCUT2D eigenvalue weighted by molar-refractivity contribution is 0.0983. The maximum Gasteiger partial charge on any atom is 0.163 e. The quantitative estimate of drug-likeness (QED) is 0.756. The van der Waals surface area contributed by atoms with E-state index in [1.165, 1.54) is 11.1 Å². The van der Waals surface area contributed by atoms with E-state index in [1.54, 1.807) is 0 Å². The predicted molar refractivity (Wildman–Crippen MR) is 78.0 cm³/mol. The van der Waals surface area contributed by atoms with Crippen molar-refractivity contribution in [2.75, 3.05) is 0 Å². The molecule has 0 aliphatic carbocycles. The van der Waals surface area contributed by atoms with Crippen molar-refractivity contribution in [3.63, 3.8) is 0 Å². The molecule has 0 N–H and O–H groups in total. The Morgan fingerprint density at radius 3 is 2.61 bits per heavy atom. The fraction of sp³-hybridized carbons (Fsp3) is 0.188. The molecular formula is C16H15BrO. The van der Waals surface area contributed by atoms with E-state index >= 15 is 0 Å². The van der Waals surface area contributed by atoms with E-state index < -0.39 is 0 Å². The molecule has 0 fully saturated rings. The molecule has 0 atom stereocenters. The van der Waals surface area contributed by atoms with Gasteiger partial charge < -0.3 is 0 Å². The number of benzene rings is 2. The minimum absolute atomic E-state index is 0.192. The third-order valence-corrected chi connectivity index (χ3v) is 3.36. The first-order valence-electron chi connectivity index (χ1n) is 5.99. The molecule has 2 aromatic carbocycles. The van der Waals surface area contributed by atoms with Gasteiger partial charge in [-0.15, -0.1) is 0 Å². The summed E-state index contributed by atoms with van der Waals surface area (Å²) in [6.45, 7) is 2.07. The molecule has 0 saturated carbocycles. The van der Waals surface area contributed by atoms with E-state index in [0.29, 0.717) is 6.42 Å². The molecule has 2 heteroatoms. The number of aryl methyl sites for hydroxylation is 2. The first kappa shape index (κ1) is 13.0. The lowest BCUT2D eigenvalue weighted by Gasteiger charge is -2.03. The standard InChI is InChI=1S/C16H15BrO/c1-12-4-2-5-13(10-12)8-9-16(18)14-6-3-7-15(17)11-14/h2-7,10-11H,8-9H2,1H3. The molecule has 0 heterocycles. The van der Waals surface area contributed by atoms with Gasteiger partial charge in [0, 0.05) is 16.5 Å². The number of carbonyl (C=O) groups excluding carboxylic acids is 1. The van der Waals surface area contributed by atoms with Crippen LogP contribution in [-0.4, -0.2) is 5.78 Å². The van der Waals surface area contributed by atoms with Gasteiger partial charge in [0.25, 0.3) is 0 Å². The van der Waals surface area contributed by atoms with Gasteiger partial charge in [-0.3, -0.25) is 4.79 Å². The fourth-order valence-corrected chi connectivity index (χ4v) is 2.33. The van der Waals surface area contributed by atoms with Gasteiger partial charge in [-0.05, 0) is 31.0 Å². The summed E-state index contributed by atoms with van der Waals surface area (Å²) in [5.74, 6) is 0.192. The number of hydrogen-bond donors (Lipinski definition) is 0. The van der Waals surface area contributed by atoms with Crippen LogP contribution in [0, 0.1) is 6.92 Å². The van der Waals surface area contributed by atoms with Crippen molar-refractivity contribution >= 4 is 21.7 Å². The summed E-state index contributed by atoms with van der Waals surface area (Å²) < 4.78 is 0.948. The zero-order chi connectivity index (χ0) is 13.0. The number of rotatable bonds is 4. The lowest BCUT2D eigenvalue weighted by Crippen LogP contribution is -2.01. The third kappa shape index (κ3) is 3.54. The van der Waals surface area contributed by atoms with Gasteiger partial charge in [0.2, 0.25) is 0 Å². The Bertz CT molecular complexity index is 561. The Morgan fingerprint density at radius 1 is 1.11 bits per heavy atom. The van der Waals surface area contributed by atoms with E-state index in [2.05, 4.69) is 41.1 Å². The van der Waals surface area contributed by atoms with Crippen LogP contribution < -0.4 is 0 Å². The highest BCUT2D eigenvalue weighted by Crippen LogP contribution is 2.14. The molecule has 1 nitrogen and oxygen atoms in total. The molecule has 0 amide bonds. The minimum atomic E-state index is 0.192. The summed E-state index contributed by atoms with van der Waals surface area (Å²) in [4.78, 5) is 12.0. The van der Waals surface area contributed by atoms with E-state index in [0.717, 1.165) is 16.5 Å². The zero-order valence-electron chi connectivity index (χ0n) is 10.3. The van der Waals surface area contributed by atoms with Gasteiger partial charge in [0.15, 0.2) is 5.78 Å². The Kier molecular flexibility index (Phi) is 4.32. The van der Waals surface area contributed by atoms with Crippen molar-refractivity contribution in [2.24, 2.45) is 0 Å². The summed E-state index contributed by atoms with van der Waals surface area (Å²) in [5, 5.41) is 0. The molecule has 0 aliphatic heterocycles. The number of halogens is 1. The van der Waals surface area contributed by atoms with Crippen LogP contribution in [0.1, 0.15) is 27.9 Å². The van der Waals surface area contributed by atoms with Crippen molar-refractivity contribution in [1.29, 1.82) is 0 Å². The third-order valence-electron chi connectivity index (χ3n) is 2.87. The highest BCUT2D eigenvalue weighted by atomic mass is 79.9. The largest absolute Gasteiger partial charge is 0.294 e. The van der Waals surface area contributed by atoms with Crippen LogP contribution in [0.25, 0.3) is 0 Å². The Morgan fingerprint density at radius 2 is 1.89 bits per heavy atom. The van der Waals surface area contributed by atoms with Gasteiger partial charge in [-0.2, -0.15) is 0 Å². The van der Waals surface area contributed by atoms with Crippen molar-refractivity contribution < 1.29 is 4.79 Å². The number of Topliss-reactive ketones (excluding diaryl/α,β-unsaturated/α-hetero) is 1. The van der Waals surface area contributed by atoms with Crippen LogP contribution in [-0.2, 0) is 6.42 Å². The first-order valence-corrected chi connectivity index (χ1v) is 6.79. The molecule has 0 aliphatic rings. The van der Waals surface area contributed by atoms with Crippen molar-refractivity contribution in [2.45, 2.75) is 19.8 Å². The molecule has 0 unspecified atom stereocenters. The molecule has 0 saturated heterocycles. The van der Waals surface area contributed by atoms with Crippen molar-refractivity contribution in [1.82, 2.24) is 0 Å². The minimum Gasteiger partial charge on any atom is -0.294 e. The number of hydrogen-bond acceptors (Lipinski definition) is 1. The Hall–Kier alpha value is -1.41. The number of ketones is 1. The van der Waals surface area contributed by atoms with Crippen LogP contribution in [0.15, 0.2) is 53.0 Å². The average molecular weight is 303 g/mol. The van der Waals surface area contributed by atoms with E-state index in [4.69, 9.17) is 0 Å². The van der Waals surface area contributed by atoms with Gasteiger partial charge in [0.05, 0.1) is 0 Å². The predicted octanol–water partition coefficient (Wildman–Crippen LogP) is 4.57. The van der Waals surface area contributed by atoms with Gasteiger partial charge in [-0.1, -0.05) is 57.9 Å². The van der Waals surface area contributed by atoms with Crippen molar-refractivity contribution in [3.05, 3.63) is 69.7 Å². The molecule has 0 radical (unpaired) electrons. The smallest absolute Gasteiger partial charge is 0.163 e. The topological polar surface area (TPSA) is 17.1 Å². The maximum atomic E-state index is 12.0. The van der Waals surface area contributed by atoms with E-state index in [1.807, 2.05) is 30.3 Å². The fourth-order valence-electron chi connectivity index (χ4n) is 1.93. The van der Waals surface area contributed by atoms with Crippen LogP contribution in [0.4, 0.5) is 0 Å². The summed E-state index contributed by atoms with van der Waals surface area (Å²) in [5.41, 5.74) is 3.23. The molecular weight excluding hydrogens is 288 g/mol. The molecule has 0 aromatic heterocycles. The zero-order valence-corrected chi connectivity index (χ0v) is 11.9. The van der Waals surface area contributed by atoms with Gasteiger partial charge in [-0.25, -0.2) is 0 Å². The molecule has 2 rings (SSSR count). The summed E-state index contributed by atoms with van der Waals surface area (Å²) >= 11 is 3.38. The highest BCUT2D eigenvalue weighted by molar-refractivity contribution is 9.10. The molecule has 18 heavy (non-hydrogen) atoms. The second-order valence-electron chi connectivity index (χ2n) is 4.42. The summed E-state index contributed by atoms with van der Waals surface area (Å²) in [6.07, 6.45) is 1.35. The normalized spacial score (nSPS) is 10.3. The average Bonchev–Trinajstić information content (AvgIpc) is 2.36. The second kappa shape index (κ2) is 5.96. The highest BCUT2D eigenvalue weighted by Gasteiger charge is 2.06. The van der Waals surface area contributed by atoms with Gasteiger partial charge >= 0.3 is 0 Å². The van der Waals surface area contributed by atoms with Crippen LogP contribution >= 0.6 is 15.9 Å². The molecule has 0 bridgehead atoms. The molecule has 92 valence electrons. The van der Waals surface area contributed by atoms with Gasteiger partial charge in [0.1, 0.15) is 0 Å². The lowest BCUT2D eigenvalue weighted by atomic mass is 10.0. The molecule has 0 spiro atoms. The van der Waals surface area contributed by atoms with E-state index in [-0.39, 0.29) is 5.78 Å². The Labute approximate surface area is 116 Å². The Balaban J connectivity index is 2.00. The summed E-state index contributed by atoms with van der Waals surface area (Å²) in [6, 6.07) is 15.9. The maximum absolute atomic E-state index is 12.0. The number of carbonyl (C=O) groups is 1. The SMILES string of the molecule is Cc1cccc(CCC(=O)c2cccc(Br)c2)c1. The van der Waals surface area contributed by atoms with Crippen LogP contribution in [0.2, 0.25) is 0 Å². The second-order valence-corrected chi connectivity index (χ2v) is 5.34. The van der Waals surface area contributed by atoms with Crippen LogP contribution in [0.5, 0.6) is 0 Å².